The van der Waals surface area contributed by atoms with Gasteiger partial charge < -0.3 is 0 Å². The van der Waals surface area contributed by atoms with Crippen LogP contribution in [0.4, 0.5) is 4.39 Å². The average molecular weight is 403 g/mol. The predicted molar refractivity (Wildman–Crippen MR) is 84.3 cm³/mol. The molecule has 6 heteroatoms. The second-order valence-corrected chi connectivity index (χ2v) is 10.9. The van der Waals surface area contributed by atoms with Crippen LogP contribution in [-0.2, 0) is 12.3 Å². The monoisotopic (exact) mass is 403 g/mol. The molecule has 2 heterocycles. The molecule has 1 aromatic rings. The van der Waals surface area contributed by atoms with E-state index in [1.807, 2.05) is 18.9 Å². The van der Waals surface area contributed by atoms with Crippen molar-refractivity contribution in [3.8, 4) is 0 Å². The van der Waals surface area contributed by atoms with Crippen molar-refractivity contribution >= 4 is 71.5 Å². The van der Waals surface area contributed by atoms with Gasteiger partial charge in [-0.1, -0.05) is 0 Å². The standard InChI is InChI=1S/C13H20FIN3.K/c1-7(2)18-12(15)8(3)10-9(4)16-17(6)11(10)13(18,5)14;/h7,12H,1-6H3;. The Bertz CT molecular complexity index is 510. The molecule has 0 saturated carbocycles. The number of rotatable bonds is 1. The van der Waals surface area contributed by atoms with Crippen molar-refractivity contribution < 1.29 is 4.39 Å². The molecular weight excluding hydrogens is 383 g/mol. The fraction of sp³-hybridized carbons (Fsp3) is 0.769. The van der Waals surface area contributed by atoms with E-state index in [1.54, 1.807) is 11.6 Å². The topological polar surface area (TPSA) is 21.1 Å². The number of halogens is 2. The molecule has 1 aromatic heterocycles. The van der Waals surface area contributed by atoms with Gasteiger partial charge in [0, 0.05) is 0 Å². The molecule has 0 amide bonds. The third kappa shape index (κ3) is 2.43. The number of alkyl halides is 2. The van der Waals surface area contributed by atoms with Crippen molar-refractivity contribution in [2.75, 3.05) is 0 Å². The predicted octanol–water partition coefficient (Wildman–Crippen LogP) is 2.74. The molecular formula is C13H20FIKN3. The Morgan fingerprint density at radius 2 is 1.95 bits per heavy atom. The maximum absolute atomic E-state index is 15.5. The van der Waals surface area contributed by atoms with Gasteiger partial charge in [-0.15, -0.1) is 0 Å². The van der Waals surface area contributed by atoms with E-state index < -0.39 is 5.79 Å². The molecule has 2 rings (SSSR count). The van der Waals surface area contributed by atoms with Crippen molar-refractivity contribution in [1.29, 1.82) is 0 Å². The molecule has 102 valence electrons. The molecule has 1 aliphatic heterocycles. The van der Waals surface area contributed by atoms with Crippen molar-refractivity contribution in [2.24, 2.45) is 7.05 Å². The number of hydrogen-bond donors (Lipinski definition) is 0. The molecule has 0 aromatic carbocycles. The van der Waals surface area contributed by atoms with E-state index in [4.69, 9.17) is 0 Å². The van der Waals surface area contributed by atoms with Gasteiger partial charge in [0.1, 0.15) is 0 Å². The van der Waals surface area contributed by atoms with E-state index in [2.05, 4.69) is 48.5 Å². The van der Waals surface area contributed by atoms with Crippen LogP contribution in [0.3, 0.4) is 0 Å². The van der Waals surface area contributed by atoms with Crippen molar-refractivity contribution in [1.82, 2.24) is 14.7 Å². The van der Waals surface area contributed by atoms with Crippen molar-refractivity contribution in [3.63, 3.8) is 0 Å². The average Bonchev–Trinajstić information content (AvgIpc) is 2.52. The van der Waals surface area contributed by atoms with E-state index in [0.29, 0.717) is 49.0 Å². The summed E-state index contributed by atoms with van der Waals surface area (Å²) in [6.07, 6.45) is 0. The second kappa shape index (κ2) is 5.28. The van der Waals surface area contributed by atoms with Gasteiger partial charge in [0.15, 0.2) is 0 Å². The van der Waals surface area contributed by atoms with Gasteiger partial charge in [0.2, 0.25) is 0 Å². The number of nitrogens with zero attached hydrogens (tertiary/aromatic N) is 3. The Hall–Kier alpha value is 1.47. The normalized spacial score (nSPS) is 35.8. The first-order valence-electron chi connectivity index (χ1n) is 6.69. The van der Waals surface area contributed by atoms with Crippen LogP contribution in [0.5, 0.6) is 0 Å². The van der Waals surface area contributed by atoms with Gasteiger partial charge in [0.25, 0.3) is 0 Å². The molecule has 0 saturated heterocycles. The Morgan fingerprint density at radius 1 is 1.42 bits per heavy atom. The summed E-state index contributed by atoms with van der Waals surface area (Å²) in [5.74, 6) is -1.46. The summed E-state index contributed by atoms with van der Waals surface area (Å²) in [6, 6.07) is 0.168. The summed E-state index contributed by atoms with van der Waals surface area (Å²) >= 11 is 2.97. The fourth-order valence-corrected chi connectivity index (χ4v) is 6.35. The van der Waals surface area contributed by atoms with Crippen LogP contribution in [0.1, 0.15) is 44.6 Å². The summed E-state index contributed by atoms with van der Waals surface area (Å²) in [5.41, 5.74) is 2.89. The minimum atomic E-state index is -1.46. The quantitative estimate of drug-likeness (QED) is 0.311. The molecule has 19 heavy (non-hydrogen) atoms. The van der Waals surface area contributed by atoms with Crippen molar-refractivity contribution in [2.45, 2.75) is 50.0 Å². The summed E-state index contributed by atoms with van der Waals surface area (Å²) < 4.78 is 17.5. The van der Waals surface area contributed by atoms with E-state index >= 15 is 4.39 Å². The van der Waals surface area contributed by atoms with Crippen LogP contribution in [0.2, 0.25) is 0 Å². The zero-order valence-electron chi connectivity index (χ0n) is 12.8. The first-order valence-corrected chi connectivity index (χ1v) is 9.49. The molecule has 0 N–H and O–H groups in total. The molecule has 0 radical (unpaired) electrons. The first-order chi connectivity index (χ1) is 8.52. The number of hydrogen-bond acceptors (Lipinski definition) is 2. The summed E-state index contributed by atoms with van der Waals surface area (Å²) in [5, 5.41) is 4.49. The van der Waals surface area contributed by atoms with Crippen LogP contribution in [0.15, 0.2) is 0 Å². The third-order valence-corrected chi connectivity index (χ3v) is 9.81. The van der Waals surface area contributed by atoms with E-state index in [9.17, 15) is 0 Å². The summed E-state index contributed by atoms with van der Waals surface area (Å²) in [4.78, 5) is 2.00. The summed E-state index contributed by atoms with van der Waals surface area (Å²) in [7, 11) is 1.86. The van der Waals surface area contributed by atoms with E-state index in [-0.39, 0.29) is 9.60 Å². The summed E-state index contributed by atoms with van der Waals surface area (Å²) in [6.45, 7) is 10.1. The van der Waals surface area contributed by atoms with Crippen LogP contribution in [0, 0.1) is 6.92 Å². The number of aromatic nitrogens is 2. The molecule has 0 bridgehead atoms. The number of fused-ring (bicyclic) bond motifs is 1. The molecule has 0 spiro atoms. The third-order valence-electron chi connectivity index (χ3n) is 4.18. The number of aryl methyl sites for hydroxylation is 2. The second-order valence-electron chi connectivity index (χ2n) is 6.44. The van der Waals surface area contributed by atoms with Gasteiger partial charge in [-0.25, -0.2) is 0 Å². The van der Waals surface area contributed by atoms with Crippen LogP contribution in [-0.4, -0.2) is 73.7 Å². The van der Waals surface area contributed by atoms with Gasteiger partial charge in [-0.05, 0) is 0 Å². The van der Waals surface area contributed by atoms with Gasteiger partial charge in [-0.3, -0.25) is 0 Å². The zero-order chi connectivity index (χ0) is 14.7. The fourth-order valence-electron chi connectivity index (χ4n) is 3.50. The molecule has 1 aliphatic rings. The maximum atomic E-state index is 15.5. The SMILES string of the molecule is Cc1nn(C)c2c1[C](C)([K])C(I)N(C(C)C)C2(C)F. The molecule has 0 fully saturated rings. The zero-order valence-corrected chi connectivity index (χ0v) is 18.0. The molecule has 3 atom stereocenters. The molecule has 3 nitrogen and oxygen atoms in total. The molecule has 0 aliphatic carbocycles. The Balaban J connectivity index is 2.78. The van der Waals surface area contributed by atoms with Gasteiger partial charge in [0.05, 0.1) is 0 Å². The van der Waals surface area contributed by atoms with E-state index in [1.165, 1.54) is 0 Å². The van der Waals surface area contributed by atoms with E-state index in [0.717, 1.165) is 17.0 Å². The molecule has 3 unspecified atom stereocenters. The van der Waals surface area contributed by atoms with Crippen molar-refractivity contribution in [3.05, 3.63) is 17.0 Å². The Labute approximate surface area is 162 Å². The van der Waals surface area contributed by atoms with Crippen LogP contribution >= 0.6 is 22.6 Å². The van der Waals surface area contributed by atoms with Crippen LogP contribution < -0.4 is 0 Å². The van der Waals surface area contributed by atoms with Gasteiger partial charge in [-0.2, -0.15) is 0 Å². The Kier molecular flexibility index (Phi) is 4.67. The first kappa shape index (κ1) is 16.8. The van der Waals surface area contributed by atoms with Crippen LogP contribution in [0.25, 0.3) is 0 Å². The Morgan fingerprint density at radius 3 is 2.42 bits per heavy atom. The van der Waals surface area contributed by atoms with Gasteiger partial charge >= 0.3 is 165 Å². The minimum absolute atomic E-state index is 0.0666.